The molecule has 0 aliphatic carbocycles. The summed E-state index contributed by atoms with van der Waals surface area (Å²) in [5.74, 6) is 1.08. The van der Waals surface area contributed by atoms with Gasteiger partial charge in [-0.05, 0) is 24.4 Å². The van der Waals surface area contributed by atoms with E-state index in [0.717, 1.165) is 13.1 Å². The molecule has 0 bridgehead atoms. The van der Waals surface area contributed by atoms with Gasteiger partial charge in [0, 0.05) is 19.6 Å². The number of hydrogen-bond acceptors (Lipinski definition) is 6. The van der Waals surface area contributed by atoms with Crippen LogP contribution < -0.4 is 16.4 Å². The van der Waals surface area contributed by atoms with E-state index in [9.17, 15) is 0 Å². The molecule has 15 heavy (non-hydrogen) atoms. The van der Waals surface area contributed by atoms with Gasteiger partial charge in [-0.25, -0.2) is 0 Å². The largest absolute Gasteiger partial charge is 0.338 e. The summed E-state index contributed by atoms with van der Waals surface area (Å²) in [5, 5.41) is 3.91. The summed E-state index contributed by atoms with van der Waals surface area (Å²) in [6.07, 6.45) is 3.66. The van der Waals surface area contributed by atoms with Crippen molar-refractivity contribution in [2.45, 2.75) is 25.3 Å². The van der Waals surface area contributed by atoms with E-state index in [1.165, 1.54) is 19.3 Å². The Hall–Kier alpha value is -1.14. The average molecular weight is 211 g/mol. The lowest BCUT2D eigenvalue weighted by atomic mass is 10.1. The summed E-state index contributed by atoms with van der Waals surface area (Å²) in [6.45, 7) is 2.31. The maximum atomic E-state index is 5.70. The first-order chi connectivity index (χ1) is 7.31. The first kappa shape index (κ1) is 10.4. The fourth-order valence-electron chi connectivity index (χ4n) is 1.70. The third-order valence-corrected chi connectivity index (χ3v) is 2.64. The van der Waals surface area contributed by atoms with E-state index >= 15 is 0 Å². The molecule has 0 saturated carbocycles. The molecule has 6 heteroatoms. The summed E-state index contributed by atoms with van der Waals surface area (Å²) in [5.41, 5.74) is 11.1. The Morgan fingerprint density at radius 3 is 2.73 bits per heavy atom. The Labute approximate surface area is 88.6 Å². The van der Waals surface area contributed by atoms with Gasteiger partial charge in [-0.15, -0.1) is 0 Å². The molecule has 1 unspecified atom stereocenters. The van der Waals surface area contributed by atoms with Crippen LogP contribution in [0.3, 0.4) is 0 Å². The quantitative estimate of drug-likeness (QED) is 0.732. The number of aromatic nitrogens is 2. The van der Waals surface area contributed by atoms with Crippen LogP contribution in [0, 0.1) is 0 Å². The monoisotopic (exact) mass is 211 g/mol. The second-order valence-corrected chi connectivity index (χ2v) is 3.82. The number of nitrogens with zero attached hydrogens (tertiary/aromatic N) is 3. The number of nitrogens with two attached hydrogens (primary N) is 2. The molecule has 2 heterocycles. The molecule has 1 aromatic heterocycles. The molecule has 1 atom stereocenters. The van der Waals surface area contributed by atoms with Gasteiger partial charge in [-0.1, -0.05) is 0 Å². The predicted molar refractivity (Wildman–Crippen MR) is 56.3 cm³/mol. The smallest absolute Gasteiger partial charge is 0.266 e. The molecule has 1 aromatic rings. The van der Waals surface area contributed by atoms with E-state index in [0.29, 0.717) is 18.4 Å². The zero-order valence-electron chi connectivity index (χ0n) is 8.72. The molecule has 1 aliphatic heterocycles. The number of hydrogen-bond donors (Lipinski definition) is 2. The van der Waals surface area contributed by atoms with Crippen LogP contribution in [0.4, 0.5) is 5.95 Å². The lowest BCUT2D eigenvalue weighted by molar-refractivity contribution is 0.355. The molecule has 0 spiro atoms. The predicted octanol–water partition coefficient (Wildman–Crippen LogP) is 0.0184. The first-order valence-corrected chi connectivity index (χ1v) is 5.35. The van der Waals surface area contributed by atoms with Crippen molar-refractivity contribution in [2.24, 2.45) is 11.5 Å². The van der Waals surface area contributed by atoms with Crippen LogP contribution in [-0.4, -0.2) is 29.8 Å². The maximum absolute atomic E-state index is 5.70. The topological polar surface area (TPSA) is 94.2 Å². The Morgan fingerprint density at radius 1 is 1.33 bits per heavy atom. The standard InChI is InChI=1S/C9H17N5O/c10-6-7(11)8-12-9(13-15-8)14-4-2-1-3-5-14/h7H,1-6,10-11H2. The Morgan fingerprint density at radius 2 is 2.07 bits per heavy atom. The van der Waals surface area contributed by atoms with E-state index in [-0.39, 0.29) is 6.04 Å². The van der Waals surface area contributed by atoms with Gasteiger partial charge >= 0.3 is 0 Å². The molecular weight excluding hydrogens is 194 g/mol. The highest BCUT2D eigenvalue weighted by Gasteiger charge is 2.18. The van der Waals surface area contributed by atoms with Gasteiger partial charge in [0.2, 0.25) is 5.89 Å². The molecular formula is C9H17N5O. The van der Waals surface area contributed by atoms with Crippen molar-refractivity contribution in [2.75, 3.05) is 24.5 Å². The summed E-state index contributed by atoms with van der Waals surface area (Å²) in [6, 6.07) is -0.351. The van der Waals surface area contributed by atoms with Crippen LogP contribution in [0.15, 0.2) is 4.52 Å². The van der Waals surface area contributed by atoms with Gasteiger partial charge < -0.3 is 20.9 Å². The average Bonchev–Trinajstić information content (AvgIpc) is 2.78. The Bertz CT molecular complexity index is 307. The van der Waals surface area contributed by atoms with Crippen molar-refractivity contribution in [1.29, 1.82) is 0 Å². The van der Waals surface area contributed by atoms with E-state index in [4.69, 9.17) is 16.0 Å². The minimum Gasteiger partial charge on any atom is -0.338 e. The fourth-order valence-corrected chi connectivity index (χ4v) is 1.70. The lowest BCUT2D eigenvalue weighted by Crippen LogP contribution is -2.30. The summed E-state index contributed by atoms with van der Waals surface area (Å²) in [7, 11) is 0. The van der Waals surface area contributed by atoms with Crippen LogP contribution in [0.25, 0.3) is 0 Å². The van der Waals surface area contributed by atoms with Gasteiger partial charge in [-0.3, -0.25) is 0 Å². The number of piperidine rings is 1. The molecule has 1 fully saturated rings. The normalized spacial score (nSPS) is 19.2. The van der Waals surface area contributed by atoms with E-state index in [1.807, 2.05) is 0 Å². The van der Waals surface area contributed by atoms with Crippen molar-refractivity contribution in [3.63, 3.8) is 0 Å². The third kappa shape index (κ3) is 2.27. The summed E-state index contributed by atoms with van der Waals surface area (Å²) >= 11 is 0. The van der Waals surface area contributed by atoms with Crippen LogP contribution in [0.5, 0.6) is 0 Å². The van der Waals surface area contributed by atoms with Crippen LogP contribution >= 0.6 is 0 Å². The first-order valence-electron chi connectivity index (χ1n) is 5.35. The van der Waals surface area contributed by atoms with Crippen LogP contribution in [0.2, 0.25) is 0 Å². The van der Waals surface area contributed by atoms with Gasteiger partial charge in [0.1, 0.15) is 0 Å². The van der Waals surface area contributed by atoms with Crippen molar-refractivity contribution >= 4 is 5.95 Å². The zero-order valence-corrected chi connectivity index (χ0v) is 8.72. The van der Waals surface area contributed by atoms with Crippen molar-refractivity contribution in [1.82, 2.24) is 10.1 Å². The maximum Gasteiger partial charge on any atom is 0.266 e. The van der Waals surface area contributed by atoms with Crippen LogP contribution in [-0.2, 0) is 0 Å². The zero-order chi connectivity index (χ0) is 10.7. The van der Waals surface area contributed by atoms with Crippen molar-refractivity contribution < 1.29 is 4.52 Å². The van der Waals surface area contributed by atoms with Crippen molar-refractivity contribution in [3.8, 4) is 0 Å². The summed E-state index contributed by atoms with van der Waals surface area (Å²) < 4.78 is 5.06. The summed E-state index contributed by atoms with van der Waals surface area (Å²) in [4.78, 5) is 6.37. The van der Waals surface area contributed by atoms with Crippen LogP contribution in [0.1, 0.15) is 31.2 Å². The second-order valence-electron chi connectivity index (χ2n) is 3.82. The van der Waals surface area contributed by atoms with Gasteiger partial charge in [-0.2, -0.15) is 4.98 Å². The van der Waals surface area contributed by atoms with Gasteiger partial charge in [0.05, 0.1) is 6.04 Å². The highest BCUT2D eigenvalue weighted by atomic mass is 16.5. The van der Waals surface area contributed by atoms with Gasteiger partial charge in [0.25, 0.3) is 5.95 Å². The minimum absolute atomic E-state index is 0.321. The molecule has 0 aromatic carbocycles. The molecule has 0 amide bonds. The molecule has 1 aliphatic rings. The third-order valence-electron chi connectivity index (χ3n) is 2.64. The Kier molecular flexibility index (Phi) is 3.17. The molecule has 0 radical (unpaired) electrons. The second kappa shape index (κ2) is 4.59. The fraction of sp³-hybridized carbons (Fsp3) is 0.778. The Balaban J connectivity index is 2.05. The number of anilines is 1. The highest BCUT2D eigenvalue weighted by Crippen LogP contribution is 2.17. The van der Waals surface area contributed by atoms with Crippen molar-refractivity contribution in [3.05, 3.63) is 5.89 Å². The molecule has 4 N–H and O–H groups in total. The van der Waals surface area contributed by atoms with E-state index in [1.54, 1.807) is 0 Å². The number of rotatable bonds is 3. The van der Waals surface area contributed by atoms with Gasteiger partial charge in [0.15, 0.2) is 0 Å². The van der Waals surface area contributed by atoms with E-state index in [2.05, 4.69) is 15.0 Å². The molecule has 84 valence electrons. The molecule has 2 rings (SSSR count). The SMILES string of the molecule is NCC(N)c1nc(N2CCCCC2)no1. The highest BCUT2D eigenvalue weighted by molar-refractivity contribution is 5.28. The lowest BCUT2D eigenvalue weighted by Gasteiger charge is -2.24. The minimum atomic E-state index is -0.351. The van der Waals surface area contributed by atoms with E-state index < -0.39 is 0 Å². The molecule has 1 saturated heterocycles. The molecule has 6 nitrogen and oxygen atoms in total.